The van der Waals surface area contributed by atoms with Gasteiger partial charge in [0, 0.05) is 0 Å². The van der Waals surface area contributed by atoms with Crippen LogP contribution in [0.3, 0.4) is 0 Å². The maximum Gasteiger partial charge on any atom is 0.101 e. The normalized spacial score (nSPS) is 13.4. The highest BCUT2D eigenvalue weighted by Gasteiger charge is 1.98. The van der Waals surface area contributed by atoms with Gasteiger partial charge >= 0.3 is 0 Å². The van der Waals surface area contributed by atoms with Crippen molar-refractivity contribution in [1.82, 2.24) is 0 Å². The van der Waals surface area contributed by atoms with E-state index in [0.717, 1.165) is 12.8 Å². The summed E-state index contributed by atoms with van der Waals surface area (Å²) in [5.74, 6) is 0. The van der Waals surface area contributed by atoms with Crippen LogP contribution in [0.1, 0.15) is 52.9 Å². The average molecular weight is 192 g/mol. The third-order valence-electron chi connectivity index (χ3n) is 2.69. The zero-order valence-electron chi connectivity index (χ0n) is 10.4. The Kier molecular flexibility index (Phi) is 8.82. The fourth-order valence-electron chi connectivity index (χ4n) is 1.65. The molecule has 14 heavy (non-hydrogen) atoms. The maximum atomic E-state index is 2.30. The summed E-state index contributed by atoms with van der Waals surface area (Å²) >= 11 is 0. The summed E-state index contributed by atoms with van der Waals surface area (Å²) in [5, 5.41) is 0. The van der Waals surface area contributed by atoms with Crippen LogP contribution in [-0.2, 0) is 0 Å². The van der Waals surface area contributed by atoms with Crippen LogP contribution in [-0.4, -0.2) is 7.85 Å². The lowest BCUT2D eigenvalue weighted by Gasteiger charge is -2.08. The van der Waals surface area contributed by atoms with Crippen LogP contribution in [0.4, 0.5) is 0 Å². The Hall–Kier alpha value is -0.455. The van der Waals surface area contributed by atoms with E-state index in [1.54, 1.807) is 11.1 Å². The van der Waals surface area contributed by atoms with Crippen LogP contribution in [0.15, 0.2) is 23.3 Å². The molecule has 0 heterocycles. The fraction of sp³-hybridized carbons (Fsp3) is 0.692. The van der Waals surface area contributed by atoms with Gasteiger partial charge in [-0.25, -0.2) is 0 Å². The summed E-state index contributed by atoms with van der Waals surface area (Å²) in [6.45, 7) is 6.75. The lowest BCUT2D eigenvalue weighted by molar-refractivity contribution is 0.833. The smallest absolute Gasteiger partial charge is 0.0885 e. The molecule has 0 spiro atoms. The minimum Gasteiger partial charge on any atom is -0.0885 e. The second-order valence-corrected chi connectivity index (χ2v) is 3.92. The minimum atomic E-state index is 1.15. The second kappa shape index (κ2) is 9.11. The van der Waals surface area contributed by atoms with E-state index in [4.69, 9.17) is 0 Å². The SMILES string of the molecule is BCCC/C(CC)=C(/C)C/C=C\CC. The molecular formula is C13H25B. The van der Waals surface area contributed by atoms with Crippen molar-refractivity contribution in [3.05, 3.63) is 23.3 Å². The first kappa shape index (κ1) is 13.5. The molecule has 0 aromatic carbocycles. The largest absolute Gasteiger partial charge is 0.101 e. The lowest BCUT2D eigenvalue weighted by atomic mass is 9.93. The van der Waals surface area contributed by atoms with Crippen molar-refractivity contribution in [2.45, 2.75) is 59.2 Å². The molecule has 0 nitrogen and oxygen atoms in total. The molecular weight excluding hydrogens is 167 g/mol. The summed E-state index contributed by atoms with van der Waals surface area (Å²) in [4.78, 5) is 0. The second-order valence-electron chi connectivity index (χ2n) is 3.92. The third-order valence-corrected chi connectivity index (χ3v) is 2.69. The quantitative estimate of drug-likeness (QED) is 0.424. The van der Waals surface area contributed by atoms with Crippen LogP contribution < -0.4 is 0 Å². The number of hydrogen-bond donors (Lipinski definition) is 0. The highest BCUT2D eigenvalue weighted by Crippen LogP contribution is 2.18. The molecule has 0 N–H and O–H groups in total. The van der Waals surface area contributed by atoms with Gasteiger partial charge in [-0.2, -0.15) is 0 Å². The van der Waals surface area contributed by atoms with Crippen molar-refractivity contribution in [1.29, 1.82) is 0 Å². The van der Waals surface area contributed by atoms with Crippen LogP contribution >= 0.6 is 0 Å². The third kappa shape index (κ3) is 6.07. The first-order chi connectivity index (χ1) is 6.76. The Morgan fingerprint density at radius 1 is 1.21 bits per heavy atom. The molecule has 0 aromatic rings. The highest BCUT2D eigenvalue weighted by molar-refractivity contribution is 6.08. The summed E-state index contributed by atoms with van der Waals surface area (Å²) in [6, 6.07) is 0. The molecule has 1 heteroatoms. The number of allylic oxidation sites excluding steroid dienone is 4. The van der Waals surface area contributed by atoms with E-state index in [-0.39, 0.29) is 0 Å². The van der Waals surface area contributed by atoms with Gasteiger partial charge < -0.3 is 0 Å². The maximum absolute atomic E-state index is 2.30. The van der Waals surface area contributed by atoms with E-state index >= 15 is 0 Å². The van der Waals surface area contributed by atoms with Crippen molar-refractivity contribution in [3.8, 4) is 0 Å². The molecule has 0 fully saturated rings. The number of hydrogen-bond acceptors (Lipinski definition) is 0. The van der Waals surface area contributed by atoms with E-state index in [9.17, 15) is 0 Å². The van der Waals surface area contributed by atoms with Crippen molar-refractivity contribution < 1.29 is 0 Å². The Morgan fingerprint density at radius 2 is 1.93 bits per heavy atom. The van der Waals surface area contributed by atoms with Gasteiger partial charge in [-0.15, -0.1) is 0 Å². The molecule has 0 aliphatic carbocycles. The molecule has 0 bridgehead atoms. The molecule has 0 radical (unpaired) electrons. The molecule has 0 rings (SSSR count). The average Bonchev–Trinajstić information content (AvgIpc) is 2.19. The standard InChI is InChI=1S/C13H25B/c1-4-6-7-9-12(3)13(5-2)10-8-11-14/h6-7H,4-5,8-11,14H2,1-3H3/b7-6-,13-12-. The topological polar surface area (TPSA) is 0 Å². The van der Waals surface area contributed by atoms with Crippen LogP contribution in [0.25, 0.3) is 0 Å². The van der Waals surface area contributed by atoms with E-state index in [2.05, 4.69) is 40.8 Å². The Labute approximate surface area is 90.9 Å². The molecule has 0 aliphatic heterocycles. The van der Waals surface area contributed by atoms with Gasteiger partial charge in [0.2, 0.25) is 0 Å². The zero-order chi connectivity index (χ0) is 10.8. The van der Waals surface area contributed by atoms with Crippen molar-refractivity contribution in [2.75, 3.05) is 0 Å². The van der Waals surface area contributed by atoms with Crippen molar-refractivity contribution in [3.63, 3.8) is 0 Å². The van der Waals surface area contributed by atoms with Gasteiger partial charge in [0.25, 0.3) is 0 Å². The fourth-order valence-corrected chi connectivity index (χ4v) is 1.65. The zero-order valence-corrected chi connectivity index (χ0v) is 10.4. The molecule has 0 aromatic heterocycles. The van der Waals surface area contributed by atoms with Crippen LogP contribution in [0, 0.1) is 0 Å². The Morgan fingerprint density at radius 3 is 2.43 bits per heavy atom. The first-order valence-corrected chi connectivity index (χ1v) is 6.08. The van der Waals surface area contributed by atoms with Crippen LogP contribution in [0.2, 0.25) is 6.32 Å². The van der Waals surface area contributed by atoms with Gasteiger partial charge in [-0.1, -0.05) is 49.9 Å². The summed E-state index contributed by atoms with van der Waals surface area (Å²) in [5.41, 5.74) is 3.26. The van der Waals surface area contributed by atoms with Crippen molar-refractivity contribution >= 4 is 7.85 Å². The molecule has 0 atom stereocenters. The van der Waals surface area contributed by atoms with E-state index in [1.807, 2.05) is 0 Å². The van der Waals surface area contributed by atoms with Gasteiger partial charge in [-0.3, -0.25) is 0 Å². The summed E-state index contributed by atoms with van der Waals surface area (Å²) in [6.07, 6.45) is 12.1. The van der Waals surface area contributed by atoms with Crippen LogP contribution in [0.5, 0.6) is 0 Å². The summed E-state index contributed by atoms with van der Waals surface area (Å²) < 4.78 is 0. The molecule has 0 saturated heterocycles. The van der Waals surface area contributed by atoms with Gasteiger partial charge in [0.05, 0.1) is 0 Å². The lowest BCUT2D eigenvalue weighted by Crippen LogP contribution is -1.88. The predicted octanol–water partition coefficient (Wildman–Crippen LogP) is 3.90. The molecule has 0 saturated carbocycles. The number of rotatable bonds is 7. The Bertz CT molecular complexity index is 189. The summed E-state index contributed by atoms with van der Waals surface area (Å²) in [7, 11) is 2.26. The van der Waals surface area contributed by atoms with E-state index in [1.165, 1.54) is 25.6 Å². The first-order valence-electron chi connectivity index (χ1n) is 6.08. The van der Waals surface area contributed by atoms with Gasteiger partial charge in [0.1, 0.15) is 7.85 Å². The van der Waals surface area contributed by atoms with Crippen molar-refractivity contribution in [2.24, 2.45) is 0 Å². The van der Waals surface area contributed by atoms with E-state index in [0.29, 0.717) is 0 Å². The predicted molar refractivity (Wildman–Crippen MR) is 69.6 cm³/mol. The molecule has 0 unspecified atom stereocenters. The molecule has 0 aliphatic rings. The minimum absolute atomic E-state index is 1.15. The van der Waals surface area contributed by atoms with E-state index < -0.39 is 0 Å². The molecule has 0 amide bonds. The van der Waals surface area contributed by atoms with Gasteiger partial charge in [-0.05, 0) is 32.6 Å². The molecule has 80 valence electrons. The Balaban J connectivity index is 4.11. The highest BCUT2D eigenvalue weighted by atomic mass is 14.0. The monoisotopic (exact) mass is 192 g/mol. The van der Waals surface area contributed by atoms with Gasteiger partial charge in [0.15, 0.2) is 0 Å².